The Morgan fingerprint density at radius 2 is 1.92 bits per heavy atom. The van der Waals surface area contributed by atoms with Crippen LogP contribution in [0.15, 0.2) is 24.3 Å². The molecule has 0 spiro atoms. The van der Waals surface area contributed by atoms with E-state index in [-0.39, 0.29) is 29.1 Å². The summed E-state index contributed by atoms with van der Waals surface area (Å²) in [5.41, 5.74) is 2.65. The van der Waals surface area contributed by atoms with Gasteiger partial charge in [0.05, 0.1) is 26.2 Å². The largest absolute Gasteiger partial charge is 0.507 e. The van der Waals surface area contributed by atoms with Crippen LogP contribution < -0.4 is 9.47 Å². The summed E-state index contributed by atoms with van der Waals surface area (Å²) in [6.07, 6.45) is -0.795. The first kappa shape index (κ1) is 17.8. The van der Waals surface area contributed by atoms with E-state index in [1.165, 1.54) is 14.2 Å². The number of benzene rings is 2. The van der Waals surface area contributed by atoms with E-state index in [1.54, 1.807) is 25.1 Å². The molecule has 0 unspecified atom stereocenters. The minimum atomic E-state index is -0.732. The highest BCUT2D eigenvalue weighted by molar-refractivity contribution is 6.02. The van der Waals surface area contributed by atoms with Gasteiger partial charge in [0.15, 0.2) is 17.3 Å². The SMILES string of the molecule is COc1ccc2c(c1OC)C(=O)O[C@H]2CC(=O)c1c(C)cc(C)cc1O. The molecule has 2 aromatic carbocycles. The molecule has 3 rings (SSSR count). The van der Waals surface area contributed by atoms with E-state index < -0.39 is 12.1 Å². The van der Waals surface area contributed by atoms with E-state index in [1.807, 2.05) is 13.0 Å². The molecule has 26 heavy (non-hydrogen) atoms. The van der Waals surface area contributed by atoms with Crippen LogP contribution in [-0.4, -0.2) is 31.1 Å². The number of ether oxygens (including phenoxy) is 3. The van der Waals surface area contributed by atoms with Crippen molar-refractivity contribution in [3.05, 3.63) is 52.1 Å². The predicted octanol–water partition coefficient (Wildman–Crippen LogP) is 3.51. The van der Waals surface area contributed by atoms with Gasteiger partial charge in [-0.15, -0.1) is 0 Å². The molecule has 6 nitrogen and oxygen atoms in total. The minimum Gasteiger partial charge on any atom is -0.507 e. The molecule has 136 valence electrons. The van der Waals surface area contributed by atoms with Gasteiger partial charge in [-0.25, -0.2) is 4.79 Å². The number of Topliss-reactive ketones (excluding diaryl/α,β-unsaturated/α-hetero) is 1. The average Bonchev–Trinajstić information content (AvgIpc) is 2.89. The quantitative estimate of drug-likeness (QED) is 0.652. The topological polar surface area (TPSA) is 82.1 Å². The lowest BCUT2D eigenvalue weighted by Gasteiger charge is -2.14. The van der Waals surface area contributed by atoms with Gasteiger partial charge in [0.1, 0.15) is 17.4 Å². The van der Waals surface area contributed by atoms with E-state index in [2.05, 4.69) is 0 Å². The second-order valence-corrected chi connectivity index (χ2v) is 6.26. The van der Waals surface area contributed by atoms with Gasteiger partial charge in [-0.3, -0.25) is 4.79 Å². The lowest BCUT2D eigenvalue weighted by Crippen LogP contribution is -2.09. The van der Waals surface area contributed by atoms with Gasteiger partial charge in [-0.1, -0.05) is 12.1 Å². The van der Waals surface area contributed by atoms with Gasteiger partial charge < -0.3 is 19.3 Å². The highest BCUT2D eigenvalue weighted by atomic mass is 16.6. The van der Waals surface area contributed by atoms with E-state index in [4.69, 9.17) is 14.2 Å². The highest BCUT2D eigenvalue weighted by Crippen LogP contribution is 2.43. The van der Waals surface area contributed by atoms with Gasteiger partial charge >= 0.3 is 5.97 Å². The van der Waals surface area contributed by atoms with Crippen LogP contribution in [0.5, 0.6) is 17.2 Å². The van der Waals surface area contributed by atoms with Crippen molar-refractivity contribution in [1.82, 2.24) is 0 Å². The molecule has 0 saturated heterocycles. The zero-order valence-electron chi connectivity index (χ0n) is 15.1. The highest BCUT2D eigenvalue weighted by Gasteiger charge is 2.37. The van der Waals surface area contributed by atoms with E-state index in [0.717, 1.165) is 5.56 Å². The number of aromatic hydroxyl groups is 1. The summed E-state index contributed by atoms with van der Waals surface area (Å²) in [5, 5.41) is 10.1. The number of rotatable bonds is 5. The van der Waals surface area contributed by atoms with Crippen molar-refractivity contribution >= 4 is 11.8 Å². The van der Waals surface area contributed by atoms with Crippen LogP contribution in [0.4, 0.5) is 0 Å². The fourth-order valence-electron chi connectivity index (χ4n) is 3.40. The Labute approximate surface area is 151 Å². The van der Waals surface area contributed by atoms with Gasteiger partial charge in [-0.2, -0.15) is 0 Å². The number of esters is 1. The van der Waals surface area contributed by atoms with Crippen molar-refractivity contribution in [3.63, 3.8) is 0 Å². The number of fused-ring (bicyclic) bond motifs is 1. The number of carbonyl (C=O) groups is 2. The lowest BCUT2D eigenvalue weighted by atomic mass is 9.94. The molecule has 1 aliphatic heterocycles. The standard InChI is InChI=1S/C20H20O6/c1-10-7-11(2)17(13(21)8-10)14(22)9-16-12-5-6-15(24-3)19(25-4)18(12)20(23)26-16/h5-8,16,21H,9H2,1-4H3/t16-/m0/s1. The third-order valence-electron chi connectivity index (χ3n) is 4.49. The Bertz CT molecular complexity index is 876. The molecule has 1 N–H and O–H groups in total. The third kappa shape index (κ3) is 2.87. The van der Waals surface area contributed by atoms with Crippen molar-refractivity contribution in [3.8, 4) is 17.2 Å². The normalized spacial score (nSPS) is 15.4. The number of hydrogen-bond acceptors (Lipinski definition) is 6. The molecule has 0 bridgehead atoms. The fraction of sp³-hybridized carbons (Fsp3) is 0.300. The first-order valence-electron chi connectivity index (χ1n) is 8.16. The number of hydrogen-bond donors (Lipinski definition) is 1. The van der Waals surface area contributed by atoms with Gasteiger partial charge in [0, 0.05) is 5.56 Å². The number of aryl methyl sites for hydroxylation is 2. The van der Waals surface area contributed by atoms with E-state index >= 15 is 0 Å². The molecule has 0 fully saturated rings. The van der Waals surface area contributed by atoms with Crippen LogP contribution in [0.2, 0.25) is 0 Å². The van der Waals surface area contributed by atoms with E-state index in [0.29, 0.717) is 22.6 Å². The molecule has 1 heterocycles. The van der Waals surface area contributed by atoms with Crippen LogP contribution in [0.1, 0.15) is 49.9 Å². The summed E-state index contributed by atoms with van der Waals surface area (Å²) in [4.78, 5) is 25.0. The molecule has 6 heteroatoms. The fourth-order valence-corrected chi connectivity index (χ4v) is 3.40. The molecule has 1 aliphatic rings. The molecule has 1 atom stereocenters. The van der Waals surface area contributed by atoms with Gasteiger partial charge in [0.25, 0.3) is 0 Å². The average molecular weight is 356 g/mol. The maximum Gasteiger partial charge on any atom is 0.343 e. The number of methoxy groups -OCH3 is 2. The Morgan fingerprint density at radius 3 is 2.54 bits per heavy atom. The summed E-state index contributed by atoms with van der Waals surface area (Å²) < 4.78 is 15.9. The summed E-state index contributed by atoms with van der Waals surface area (Å²) in [6, 6.07) is 6.74. The number of phenolic OH excluding ortho intramolecular Hbond substituents is 1. The van der Waals surface area contributed by atoms with Crippen LogP contribution in [0.25, 0.3) is 0 Å². The molecule has 2 aromatic rings. The molecule has 0 aliphatic carbocycles. The van der Waals surface area contributed by atoms with Crippen LogP contribution >= 0.6 is 0 Å². The number of ketones is 1. The Balaban J connectivity index is 1.95. The number of carbonyl (C=O) groups excluding carboxylic acids is 2. The van der Waals surface area contributed by atoms with Crippen LogP contribution in [-0.2, 0) is 4.74 Å². The maximum atomic E-state index is 12.7. The molecule has 0 aromatic heterocycles. The predicted molar refractivity (Wildman–Crippen MR) is 94.2 cm³/mol. The maximum absolute atomic E-state index is 12.7. The summed E-state index contributed by atoms with van der Waals surface area (Å²) in [7, 11) is 2.92. The zero-order chi connectivity index (χ0) is 19.0. The van der Waals surface area contributed by atoms with Crippen molar-refractivity contribution in [2.45, 2.75) is 26.4 Å². The summed E-state index contributed by atoms with van der Waals surface area (Å²) in [5.74, 6) is -0.204. The van der Waals surface area contributed by atoms with Crippen LogP contribution in [0, 0.1) is 13.8 Å². The molecule has 0 saturated carbocycles. The molecular weight excluding hydrogens is 336 g/mol. The smallest absolute Gasteiger partial charge is 0.343 e. The first-order chi connectivity index (χ1) is 12.4. The molecular formula is C20H20O6. The first-order valence-corrected chi connectivity index (χ1v) is 8.16. The molecule has 0 radical (unpaired) electrons. The van der Waals surface area contributed by atoms with Gasteiger partial charge in [-0.05, 0) is 37.1 Å². The Hall–Kier alpha value is -3.02. The van der Waals surface area contributed by atoms with Crippen molar-refractivity contribution in [1.29, 1.82) is 0 Å². The lowest BCUT2D eigenvalue weighted by molar-refractivity contribution is 0.0365. The summed E-state index contributed by atoms with van der Waals surface area (Å²) >= 11 is 0. The van der Waals surface area contributed by atoms with Crippen molar-refractivity contribution in [2.75, 3.05) is 14.2 Å². The number of phenols is 1. The Morgan fingerprint density at radius 1 is 1.19 bits per heavy atom. The van der Waals surface area contributed by atoms with Crippen molar-refractivity contribution in [2.24, 2.45) is 0 Å². The van der Waals surface area contributed by atoms with Gasteiger partial charge in [0.2, 0.25) is 0 Å². The number of cyclic esters (lactones) is 1. The van der Waals surface area contributed by atoms with E-state index in [9.17, 15) is 14.7 Å². The minimum absolute atomic E-state index is 0.0638. The molecule has 0 amide bonds. The zero-order valence-corrected chi connectivity index (χ0v) is 15.1. The third-order valence-corrected chi connectivity index (χ3v) is 4.49. The second-order valence-electron chi connectivity index (χ2n) is 6.26. The van der Waals surface area contributed by atoms with Crippen LogP contribution in [0.3, 0.4) is 0 Å². The monoisotopic (exact) mass is 356 g/mol. The Kier molecular flexibility index (Phi) is 4.59. The summed E-state index contributed by atoms with van der Waals surface area (Å²) in [6.45, 7) is 3.61. The second kappa shape index (κ2) is 6.71. The van der Waals surface area contributed by atoms with Crippen molar-refractivity contribution < 1.29 is 28.9 Å².